The van der Waals surface area contributed by atoms with Crippen LogP contribution in [0.25, 0.3) is 0 Å². The van der Waals surface area contributed by atoms with E-state index in [1.807, 2.05) is 35.7 Å². The van der Waals surface area contributed by atoms with Crippen molar-refractivity contribution in [1.29, 1.82) is 0 Å². The fraction of sp³-hybridized carbons (Fsp3) is 0.125. The molecule has 1 aromatic carbocycles. The lowest BCUT2D eigenvalue weighted by Gasteiger charge is -2.04. The van der Waals surface area contributed by atoms with Gasteiger partial charge in [-0.2, -0.15) is 0 Å². The van der Waals surface area contributed by atoms with E-state index in [0.717, 1.165) is 16.0 Å². The lowest BCUT2D eigenvalue weighted by molar-refractivity contribution is -0.114. The van der Waals surface area contributed by atoms with Crippen molar-refractivity contribution in [3.63, 3.8) is 0 Å². The largest absolute Gasteiger partial charge is 0.399 e. The van der Waals surface area contributed by atoms with E-state index in [0.29, 0.717) is 12.1 Å². The zero-order chi connectivity index (χ0) is 16.2. The number of nitrogens with two attached hydrogens (primary N) is 1. The lowest BCUT2D eigenvalue weighted by Crippen LogP contribution is -2.18. The van der Waals surface area contributed by atoms with Crippen molar-refractivity contribution in [2.24, 2.45) is 0 Å². The molecule has 3 N–H and O–H groups in total. The summed E-state index contributed by atoms with van der Waals surface area (Å²) in [5.74, 6) is -1.28. The number of anilines is 1. The molecule has 2 heterocycles. The van der Waals surface area contributed by atoms with Crippen LogP contribution in [0.3, 0.4) is 0 Å². The monoisotopic (exact) mass is 326 g/mol. The minimum absolute atomic E-state index is 0.0567. The molecule has 3 aromatic rings. The quantitative estimate of drug-likeness (QED) is 0.410. The van der Waals surface area contributed by atoms with Gasteiger partial charge in [0.1, 0.15) is 6.33 Å². The molecule has 0 fully saturated rings. The molecule has 116 valence electrons. The molecule has 0 aliphatic carbocycles. The Morgan fingerprint density at radius 1 is 1.17 bits per heavy atom. The zero-order valence-electron chi connectivity index (χ0n) is 12.2. The Morgan fingerprint density at radius 3 is 2.65 bits per heavy atom. The van der Waals surface area contributed by atoms with Gasteiger partial charge in [0.15, 0.2) is 0 Å². The van der Waals surface area contributed by atoms with Gasteiger partial charge < -0.3 is 5.73 Å². The molecule has 2 aromatic heterocycles. The van der Waals surface area contributed by atoms with Crippen LogP contribution in [0.15, 0.2) is 42.0 Å². The molecule has 6 nitrogen and oxygen atoms in total. The molecule has 0 bridgehead atoms. The van der Waals surface area contributed by atoms with Crippen LogP contribution in [0.1, 0.15) is 26.6 Å². The molecule has 0 amide bonds. The number of H-pyrrole nitrogens is 1. The van der Waals surface area contributed by atoms with E-state index in [1.165, 1.54) is 6.33 Å². The first-order valence-corrected chi connectivity index (χ1v) is 7.84. The highest BCUT2D eigenvalue weighted by Gasteiger charge is 2.21. The Hall–Kier alpha value is -2.80. The molecule has 0 unspecified atom stereocenters. The van der Waals surface area contributed by atoms with Gasteiger partial charge in [-0.1, -0.05) is 12.1 Å². The third-order valence-electron chi connectivity index (χ3n) is 3.40. The van der Waals surface area contributed by atoms with Crippen LogP contribution in [0.2, 0.25) is 0 Å². The number of carbonyl (C=O) groups excluding carboxylic acids is 2. The first-order valence-electron chi connectivity index (χ1n) is 6.96. The lowest BCUT2D eigenvalue weighted by atomic mass is 10.0. The topological polar surface area (TPSA) is 102 Å². The summed E-state index contributed by atoms with van der Waals surface area (Å²) in [6.45, 7) is 0. The van der Waals surface area contributed by atoms with Crippen LogP contribution in [-0.2, 0) is 17.6 Å². The average molecular weight is 326 g/mol. The molecule has 7 heteroatoms. The number of hydrogen-bond acceptors (Lipinski definition) is 6. The number of nitrogen functional groups attached to an aromatic ring is 1. The van der Waals surface area contributed by atoms with Crippen LogP contribution in [0.4, 0.5) is 5.69 Å². The molecular weight excluding hydrogens is 312 g/mol. The Balaban J connectivity index is 1.72. The molecule has 23 heavy (non-hydrogen) atoms. The summed E-state index contributed by atoms with van der Waals surface area (Å²) < 4.78 is 0. The summed E-state index contributed by atoms with van der Waals surface area (Å²) >= 11 is 1.57. The number of aromatic nitrogens is 3. The molecule has 0 saturated heterocycles. The van der Waals surface area contributed by atoms with Crippen LogP contribution in [0, 0.1) is 0 Å². The third-order valence-corrected chi connectivity index (χ3v) is 4.37. The van der Waals surface area contributed by atoms with Gasteiger partial charge in [0.05, 0.1) is 0 Å². The van der Waals surface area contributed by atoms with Gasteiger partial charge in [0, 0.05) is 23.4 Å². The summed E-state index contributed by atoms with van der Waals surface area (Å²) in [5.41, 5.74) is 8.37. The second-order valence-corrected chi connectivity index (χ2v) is 6.04. The molecule has 0 atom stereocenters. The Kier molecular flexibility index (Phi) is 4.29. The summed E-state index contributed by atoms with van der Waals surface area (Å²) in [6, 6.07) is 9.49. The summed E-state index contributed by atoms with van der Waals surface area (Å²) in [6.07, 6.45) is 2.04. The van der Waals surface area contributed by atoms with Crippen LogP contribution >= 0.6 is 11.3 Å². The van der Waals surface area contributed by atoms with Gasteiger partial charge in [0.2, 0.25) is 11.6 Å². The number of aromatic amines is 1. The van der Waals surface area contributed by atoms with E-state index in [-0.39, 0.29) is 12.2 Å². The van der Waals surface area contributed by atoms with E-state index >= 15 is 0 Å². The van der Waals surface area contributed by atoms with Gasteiger partial charge in [-0.15, -0.1) is 16.4 Å². The second kappa shape index (κ2) is 6.53. The van der Waals surface area contributed by atoms with Crippen LogP contribution < -0.4 is 5.73 Å². The maximum atomic E-state index is 12.1. The Morgan fingerprint density at radius 2 is 1.96 bits per heavy atom. The minimum Gasteiger partial charge on any atom is -0.399 e. The average Bonchev–Trinajstić information content (AvgIpc) is 3.21. The van der Waals surface area contributed by atoms with Crippen LogP contribution in [0.5, 0.6) is 0 Å². The van der Waals surface area contributed by atoms with Crippen LogP contribution in [-0.4, -0.2) is 26.7 Å². The third kappa shape index (κ3) is 3.51. The standard InChI is InChI=1S/C16H14N4O2S/c17-12-3-1-10(2-4-12)7-14-11(5-6-23-14)8-13(21)15(22)16-18-9-19-20-16/h1-6,9H,7-8,17H2,(H,18,19,20). The van der Waals surface area contributed by atoms with Gasteiger partial charge in [-0.3, -0.25) is 14.7 Å². The first-order chi connectivity index (χ1) is 11.1. The number of ketones is 2. The predicted octanol–water partition coefficient (Wildman–Crippen LogP) is 2.03. The zero-order valence-corrected chi connectivity index (χ0v) is 13.0. The van der Waals surface area contributed by atoms with Crippen molar-refractivity contribution >= 4 is 28.6 Å². The number of Topliss-reactive ketones (excluding diaryl/α,β-unsaturated/α-hetero) is 2. The van der Waals surface area contributed by atoms with E-state index < -0.39 is 11.6 Å². The van der Waals surface area contributed by atoms with Crippen molar-refractivity contribution in [1.82, 2.24) is 15.2 Å². The fourth-order valence-corrected chi connectivity index (χ4v) is 3.13. The summed E-state index contributed by atoms with van der Waals surface area (Å²) in [5, 5.41) is 8.00. The summed E-state index contributed by atoms with van der Waals surface area (Å²) in [4.78, 5) is 28.8. The predicted molar refractivity (Wildman–Crippen MR) is 87.4 cm³/mol. The van der Waals surface area contributed by atoms with Gasteiger partial charge in [-0.25, -0.2) is 4.98 Å². The smallest absolute Gasteiger partial charge is 0.267 e. The normalized spacial score (nSPS) is 10.6. The van der Waals surface area contributed by atoms with Gasteiger partial charge in [0.25, 0.3) is 5.78 Å². The number of hydrogen-bond donors (Lipinski definition) is 2. The SMILES string of the molecule is Nc1ccc(Cc2sccc2CC(=O)C(=O)c2nc[nH]n2)cc1. The van der Waals surface area contributed by atoms with Crippen molar-refractivity contribution < 1.29 is 9.59 Å². The molecule has 0 saturated carbocycles. The number of thiophene rings is 1. The van der Waals surface area contributed by atoms with E-state index in [9.17, 15) is 9.59 Å². The maximum Gasteiger partial charge on any atom is 0.267 e. The Bertz CT molecular complexity index is 822. The highest BCUT2D eigenvalue weighted by molar-refractivity contribution is 7.10. The van der Waals surface area contributed by atoms with E-state index in [1.54, 1.807) is 11.3 Å². The number of nitrogens with one attached hydrogen (secondary N) is 1. The molecular formula is C16H14N4O2S. The number of nitrogens with zero attached hydrogens (tertiary/aromatic N) is 2. The van der Waals surface area contributed by atoms with Crippen molar-refractivity contribution in [3.8, 4) is 0 Å². The number of benzene rings is 1. The highest BCUT2D eigenvalue weighted by Crippen LogP contribution is 2.22. The second-order valence-electron chi connectivity index (χ2n) is 5.04. The molecule has 3 rings (SSSR count). The van der Waals surface area contributed by atoms with Crippen molar-refractivity contribution in [2.75, 3.05) is 5.73 Å². The Labute approximate surface area is 136 Å². The molecule has 0 spiro atoms. The number of rotatable bonds is 6. The van der Waals surface area contributed by atoms with Gasteiger partial charge >= 0.3 is 0 Å². The van der Waals surface area contributed by atoms with E-state index in [4.69, 9.17) is 5.73 Å². The highest BCUT2D eigenvalue weighted by atomic mass is 32.1. The van der Waals surface area contributed by atoms with Crippen molar-refractivity contribution in [3.05, 3.63) is 63.9 Å². The molecule has 0 aliphatic rings. The minimum atomic E-state index is -0.670. The maximum absolute atomic E-state index is 12.1. The first kappa shape index (κ1) is 15.1. The van der Waals surface area contributed by atoms with Gasteiger partial charge in [-0.05, 0) is 34.7 Å². The number of carbonyl (C=O) groups is 2. The van der Waals surface area contributed by atoms with Crippen molar-refractivity contribution in [2.45, 2.75) is 12.8 Å². The fourth-order valence-electron chi connectivity index (χ4n) is 2.20. The summed E-state index contributed by atoms with van der Waals surface area (Å²) in [7, 11) is 0. The molecule has 0 radical (unpaired) electrons. The molecule has 0 aliphatic heterocycles. The van der Waals surface area contributed by atoms with E-state index in [2.05, 4.69) is 15.2 Å².